The molecule has 0 radical (unpaired) electrons. The summed E-state index contributed by atoms with van der Waals surface area (Å²) in [7, 11) is 0. The van der Waals surface area contributed by atoms with E-state index in [0.29, 0.717) is 21.0 Å². The summed E-state index contributed by atoms with van der Waals surface area (Å²) in [6, 6.07) is 3.46. The van der Waals surface area contributed by atoms with Crippen LogP contribution in [0.2, 0.25) is 4.34 Å². The lowest BCUT2D eigenvalue weighted by Crippen LogP contribution is -2.01. The molecule has 0 saturated heterocycles. The molecule has 0 saturated carbocycles. The van der Waals surface area contributed by atoms with Gasteiger partial charge in [0.2, 0.25) is 0 Å². The monoisotopic (exact) mass is 304 g/mol. The minimum absolute atomic E-state index is 0.0186. The number of rotatable bonds is 3. The Labute approximate surface area is 104 Å². The molecular formula is C10H6BrClO2S. The summed E-state index contributed by atoms with van der Waals surface area (Å²) < 4.78 is 6.18. The molecule has 2 aromatic heterocycles. The van der Waals surface area contributed by atoms with Crippen LogP contribution in [0.5, 0.6) is 0 Å². The molecule has 15 heavy (non-hydrogen) atoms. The van der Waals surface area contributed by atoms with Crippen molar-refractivity contribution in [1.29, 1.82) is 0 Å². The van der Waals surface area contributed by atoms with Gasteiger partial charge >= 0.3 is 0 Å². The lowest BCUT2D eigenvalue weighted by atomic mass is 10.1. The van der Waals surface area contributed by atoms with Gasteiger partial charge in [-0.25, -0.2) is 0 Å². The molecule has 0 spiro atoms. The molecule has 78 valence electrons. The average Bonchev–Trinajstić information content (AvgIpc) is 2.75. The number of hydrogen-bond donors (Lipinski definition) is 0. The van der Waals surface area contributed by atoms with Gasteiger partial charge in [-0.3, -0.25) is 4.79 Å². The second kappa shape index (κ2) is 4.51. The maximum atomic E-state index is 11.8. The van der Waals surface area contributed by atoms with Gasteiger partial charge < -0.3 is 4.42 Å². The summed E-state index contributed by atoms with van der Waals surface area (Å²) in [6.07, 6.45) is 1.83. The molecular weight excluding hydrogens is 300 g/mol. The highest BCUT2D eigenvalue weighted by Crippen LogP contribution is 2.23. The number of carbonyl (C=O) groups is 1. The number of halogens is 2. The molecule has 0 aliphatic carbocycles. The van der Waals surface area contributed by atoms with Crippen molar-refractivity contribution in [1.82, 2.24) is 0 Å². The van der Waals surface area contributed by atoms with Crippen LogP contribution in [0.3, 0.4) is 0 Å². The SMILES string of the molecule is O=C(Cc1csc(Cl)c1)c1ccoc1Br. The zero-order valence-corrected chi connectivity index (χ0v) is 10.7. The van der Waals surface area contributed by atoms with Gasteiger partial charge in [0.05, 0.1) is 16.2 Å². The van der Waals surface area contributed by atoms with Crippen molar-refractivity contribution >= 4 is 44.7 Å². The fraction of sp³-hybridized carbons (Fsp3) is 0.100. The molecule has 2 rings (SSSR count). The van der Waals surface area contributed by atoms with Crippen molar-refractivity contribution in [2.75, 3.05) is 0 Å². The van der Waals surface area contributed by atoms with E-state index in [1.165, 1.54) is 17.6 Å². The van der Waals surface area contributed by atoms with Crippen molar-refractivity contribution in [3.8, 4) is 0 Å². The van der Waals surface area contributed by atoms with Crippen LogP contribution in [0.25, 0.3) is 0 Å². The molecule has 0 aromatic carbocycles. The van der Waals surface area contributed by atoms with E-state index in [1.54, 1.807) is 12.1 Å². The number of Topliss-reactive ketones (excluding diaryl/α,β-unsaturated/α-hetero) is 1. The summed E-state index contributed by atoms with van der Waals surface area (Å²) in [5, 5.41) is 1.88. The van der Waals surface area contributed by atoms with Gasteiger partial charge in [0.1, 0.15) is 0 Å². The number of ketones is 1. The van der Waals surface area contributed by atoms with E-state index in [4.69, 9.17) is 16.0 Å². The van der Waals surface area contributed by atoms with E-state index in [1.807, 2.05) is 5.38 Å². The molecule has 0 aliphatic heterocycles. The zero-order valence-electron chi connectivity index (χ0n) is 7.50. The van der Waals surface area contributed by atoms with Gasteiger partial charge in [-0.15, -0.1) is 11.3 Å². The fourth-order valence-electron chi connectivity index (χ4n) is 1.21. The number of furan rings is 1. The van der Waals surface area contributed by atoms with Gasteiger partial charge in [0.15, 0.2) is 10.5 Å². The minimum Gasteiger partial charge on any atom is -0.457 e. The molecule has 2 nitrogen and oxygen atoms in total. The van der Waals surface area contributed by atoms with E-state index in [-0.39, 0.29) is 5.78 Å². The van der Waals surface area contributed by atoms with Gasteiger partial charge in [-0.2, -0.15) is 0 Å². The Morgan fingerprint density at radius 3 is 2.93 bits per heavy atom. The third kappa shape index (κ3) is 2.51. The third-order valence-electron chi connectivity index (χ3n) is 1.90. The second-order valence-electron chi connectivity index (χ2n) is 2.97. The summed E-state index contributed by atoms with van der Waals surface area (Å²) in [4.78, 5) is 11.8. The average molecular weight is 306 g/mol. The molecule has 5 heteroatoms. The summed E-state index contributed by atoms with van der Waals surface area (Å²) in [5.41, 5.74) is 1.50. The topological polar surface area (TPSA) is 30.2 Å². The standard InChI is InChI=1S/C10H6BrClO2S/c11-10-7(1-2-14-10)8(13)3-6-4-9(12)15-5-6/h1-2,4-5H,3H2. The maximum absolute atomic E-state index is 11.8. The van der Waals surface area contributed by atoms with Crippen LogP contribution in [0.15, 0.2) is 32.9 Å². The molecule has 0 aliphatic rings. The Kier molecular flexibility index (Phi) is 3.29. The normalized spacial score (nSPS) is 10.5. The predicted octanol–water partition coefficient (Wildman–Crippen LogP) is 4.18. The lowest BCUT2D eigenvalue weighted by Gasteiger charge is -1.95. The van der Waals surface area contributed by atoms with E-state index >= 15 is 0 Å². The maximum Gasteiger partial charge on any atom is 0.179 e. The van der Waals surface area contributed by atoms with Crippen LogP contribution in [0, 0.1) is 0 Å². The van der Waals surface area contributed by atoms with Gasteiger partial charge in [0, 0.05) is 6.42 Å². The first-order valence-electron chi connectivity index (χ1n) is 4.16. The van der Waals surface area contributed by atoms with Crippen molar-refractivity contribution < 1.29 is 9.21 Å². The van der Waals surface area contributed by atoms with Gasteiger partial charge in [-0.05, 0) is 39.0 Å². The summed E-state index contributed by atoms with van der Waals surface area (Å²) in [6.45, 7) is 0. The Morgan fingerprint density at radius 1 is 1.60 bits per heavy atom. The van der Waals surface area contributed by atoms with Crippen LogP contribution >= 0.6 is 38.9 Å². The van der Waals surface area contributed by atoms with E-state index < -0.39 is 0 Å². The van der Waals surface area contributed by atoms with Crippen LogP contribution in [-0.2, 0) is 6.42 Å². The van der Waals surface area contributed by atoms with Crippen molar-refractivity contribution in [2.45, 2.75) is 6.42 Å². The highest BCUT2D eigenvalue weighted by atomic mass is 79.9. The molecule has 0 fully saturated rings. The van der Waals surface area contributed by atoms with Crippen molar-refractivity contribution in [2.24, 2.45) is 0 Å². The quantitative estimate of drug-likeness (QED) is 0.796. The lowest BCUT2D eigenvalue weighted by molar-refractivity contribution is 0.0991. The van der Waals surface area contributed by atoms with E-state index in [2.05, 4.69) is 15.9 Å². The van der Waals surface area contributed by atoms with Crippen LogP contribution in [0.1, 0.15) is 15.9 Å². The highest BCUT2D eigenvalue weighted by molar-refractivity contribution is 9.10. The number of carbonyl (C=O) groups excluding carboxylic acids is 1. The first kappa shape index (κ1) is 10.9. The Morgan fingerprint density at radius 2 is 2.40 bits per heavy atom. The van der Waals surface area contributed by atoms with Crippen molar-refractivity contribution in [3.05, 3.63) is 43.9 Å². The largest absolute Gasteiger partial charge is 0.457 e. The zero-order chi connectivity index (χ0) is 10.8. The fourth-order valence-corrected chi connectivity index (χ4v) is 2.58. The van der Waals surface area contributed by atoms with Crippen LogP contribution in [-0.4, -0.2) is 5.78 Å². The summed E-state index contributed by atoms with van der Waals surface area (Å²) in [5.74, 6) is 0.0186. The molecule has 2 heterocycles. The molecule has 0 bridgehead atoms. The third-order valence-corrected chi connectivity index (χ3v) is 3.66. The van der Waals surface area contributed by atoms with E-state index in [0.717, 1.165) is 5.56 Å². The second-order valence-corrected chi connectivity index (χ2v) is 5.23. The summed E-state index contributed by atoms with van der Waals surface area (Å²) >= 11 is 10.4. The molecule has 0 unspecified atom stereocenters. The molecule has 0 amide bonds. The first-order chi connectivity index (χ1) is 7.16. The Hall–Kier alpha value is -0.580. The predicted molar refractivity (Wildman–Crippen MR) is 63.8 cm³/mol. The minimum atomic E-state index is 0.0186. The van der Waals surface area contributed by atoms with Gasteiger partial charge in [-0.1, -0.05) is 11.6 Å². The van der Waals surface area contributed by atoms with Crippen LogP contribution < -0.4 is 0 Å². The number of hydrogen-bond acceptors (Lipinski definition) is 3. The van der Waals surface area contributed by atoms with E-state index in [9.17, 15) is 4.79 Å². The number of thiophene rings is 1. The Balaban J connectivity index is 2.14. The molecule has 2 aromatic rings. The molecule has 0 N–H and O–H groups in total. The smallest absolute Gasteiger partial charge is 0.179 e. The van der Waals surface area contributed by atoms with Crippen LogP contribution in [0.4, 0.5) is 0 Å². The first-order valence-corrected chi connectivity index (χ1v) is 6.21. The molecule has 0 atom stereocenters. The Bertz CT molecular complexity index is 489. The van der Waals surface area contributed by atoms with Gasteiger partial charge in [0.25, 0.3) is 0 Å². The van der Waals surface area contributed by atoms with Crippen molar-refractivity contribution in [3.63, 3.8) is 0 Å². The highest BCUT2D eigenvalue weighted by Gasteiger charge is 2.13.